The number of amides is 1. The van der Waals surface area contributed by atoms with Crippen LogP contribution in [0.2, 0.25) is 0 Å². The molecular weight excluding hydrogens is 476 g/mol. The first kappa shape index (κ1) is 25.5. The largest absolute Gasteiger partial charge is 0.480 e. The second-order valence-corrected chi connectivity index (χ2v) is 10.6. The summed E-state index contributed by atoms with van der Waals surface area (Å²) in [4.78, 5) is 27.4. The van der Waals surface area contributed by atoms with Gasteiger partial charge < -0.3 is 10.0 Å². The lowest BCUT2D eigenvalue weighted by Gasteiger charge is -2.27. The molecule has 0 aromatic heterocycles. The summed E-state index contributed by atoms with van der Waals surface area (Å²) >= 11 is 6.36. The van der Waals surface area contributed by atoms with Crippen LogP contribution in [-0.4, -0.2) is 45.0 Å². The molecule has 4 rings (SSSR count). The monoisotopic (exact) mass is 508 g/mol. The minimum Gasteiger partial charge on any atom is -0.480 e. The van der Waals surface area contributed by atoms with Crippen molar-refractivity contribution < 1.29 is 14.7 Å². The molecule has 0 bridgehead atoms. The van der Waals surface area contributed by atoms with Crippen molar-refractivity contribution >= 4 is 57.6 Å². The van der Waals surface area contributed by atoms with E-state index >= 15 is 0 Å². The molecule has 1 aliphatic heterocycles. The van der Waals surface area contributed by atoms with E-state index in [1.807, 2.05) is 6.07 Å². The van der Waals surface area contributed by atoms with Gasteiger partial charge in [0.2, 0.25) is 0 Å². The number of aryl methyl sites for hydroxylation is 1. The number of thioether (sulfide) groups is 1. The number of hydrogen-bond acceptors (Lipinski definition) is 5. The van der Waals surface area contributed by atoms with Gasteiger partial charge in [-0.15, -0.1) is 0 Å². The Morgan fingerprint density at radius 1 is 1.20 bits per heavy atom. The number of rotatable bonds is 8. The molecule has 7 heteroatoms. The maximum absolute atomic E-state index is 12.7. The van der Waals surface area contributed by atoms with Crippen molar-refractivity contribution in [1.29, 1.82) is 0 Å². The predicted octanol–water partition coefficient (Wildman–Crippen LogP) is 6.39. The van der Waals surface area contributed by atoms with Gasteiger partial charge in [0.05, 0.1) is 0 Å². The normalized spacial score (nSPS) is 18.5. The van der Waals surface area contributed by atoms with Crippen molar-refractivity contribution in [2.75, 3.05) is 17.7 Å². The second-order valence-electron chi connectivity index (χ2n) is 9.18. The van der Waals surface area contributed by atoms with Crippen LogP contribution in [0.25, 0.3) is 6.08 Å². The topological polar surface area (TPSA) is 60.9 Å². The third-order valence-corrected chi connectivity index (χ3v) is 8.22. The summed E-state index contributed by atoms with van der Waals surface area (Å²) in [5.41, 5.74) is 6.15. The van der Waals surface area contributed by atoms with Crippen LogP contribution in [0.4, 0.5) is 11.4 Å². The highest BCUT2D eigenvalue weighted by molar-refractivity contribution is 8.22. The van der Waals surface area contributed by atoms with E-state index in [4.69, 9.17) is 17.3 Å². The third-order valence-electron chi connectivity index (χ3n) is 6.93. The number of anilines is 2. The maximum atomic E-state index is 12.7. The van der Waals surface area contributed by atoms with E-state index in [1.165, 1.54) is 72.4 Å². The summed E-state index contributed by atoms with van der Waals surface area (Å²) < 4.78 is 0.251. The SMILES string of the molecule is CCCCc1ccc(N2c3ccc(/C=C/C(=O)N(CC(=O)O)C(=S)SC)cc3C3CCCC32)cc1. The van der Waals surface area contributed by atoms with Crippen LogP contribution in [0.15, 0.2) is 48.5 Å². The Kier molecular flexibility index (Phi) is 8.29. The van der Waals surface area contributed by atoms with E-state index in [0.29, 0.717) is 12.0 Å². The van der Waals surface area contributed by atoms with Crippen molar-refractivity contribution in [2.45, 2.75) is 57.4 Å². The van der Waals surface area contributed by atoms with Gasteiger partial charge in [-0.2, -0.15) is 0 Å². The fourth-order valence-corrected chi connectivity index (χ4v) is 5.78. The van der Waals surface area contributed by atoms with E-state index in [2.05, 4.69) is 48.2 Å². The molecule has 0 saturated heterocycles. The fourth-order valence-electron chi connectivity index (χ4n) is 5.25. The Morgan fingerprint density at radius 3 is 2.66 bits per heavy atom. The summed E-state index contributed by atoms with van der Waals surface area (Å²) in [7, 11) is 0. The molecule has 2 unspecified atom stereocenters. The maximum Gasteiger partial charge on any atom is 0.323 e. The van der Waals surface area contributed by atoms with E-state index in [-0.39, 0.29) is 4.32 Å². The Labute approximate surface area is 217 Å². The molecule has 184 valence electrons. The van der Waals surface area contributed by atoms with E-state index in [9.17, 15) is 9.59 Å². The average molecular weight is 509 g/mol. The van der Waals surface area contributed by atoms with Crippen LogP contribution in [0.3, 0.4) is 0 Å². The molecular formula is C28H32N2O3S2. The first-order valence-electron chi connectivity index (χ1n) is 12.2. The van der Waals surface area contributed by atoms with Crippen molar-refractivity contribution in [3.8, 4) is 0 Å². The Balaban J connectivity index is 1.57. The van der Waals surface area contributed by atoms with Gasteiger partial charge in [-0.3, -0.25) is 14.5 Å². The molecule has 2 aromatic carbocycles. The highest BCUT2D eigenvalue weighted by Gasteiger charge is 2.42. The predicted molar refractivity (Wildman–Crippen MR) is 149 cm³/mol. The van der Waals surface area contributed by atoms with Crippen molar-refractivity contribution in [2.24, 2.45) is 0 Å². The quantitative estimate of drug-likeness (QED) is 0.329. The molecule has 1 amide bonds. The Morgan fingerprint density at radius 2 is 1.97 bits per heavy atom. The molecule has 35 heavy (non-hydrogen) atoms. The van der Waals surface area contributed by atoms with E-state index in [1.54, 1.807) is 12.3 Å². The zero-order valence-corrected chi connectivity index (χ0v) is 21.9. The zero-order chi connectivity index (χ0) is 24.9. The van der Waals surface area contributed by atoms with Gasteiger partial charge in [0.25, 0.3) is 5.91 Å². The van der Waals surface area contributed by atoms with Gasteiger partial charge in [-0.05, 0) is 79.0 Å². The van der Waals surface area contributed by atoms with Gasteiger partial charge in [0, 0.05) is 29.4 Å². The summed E-state index contributed by atoms with van der Waals surface area (Å²) in [6.07, 6.45) is 12.0. The van der Waals surface area contributed by atoms with E-state index < -0.39 is 18.4 Å². The van der Waals surface area contributed by atoms with Gasteiger partial charge >= 0.3 is 5.97 Å². The fraction of sp³-hybridized carbons (Fsp3) is 0.393. The molecule has 1 fully saturated rings. The lowest BCUT2D eigenvalue weighted by atomic mass is 9.96. The third kappa shape index (κ3) is 5.62. The highest BCUT2D eigenvalue weighted by Crippen LogP contribution is 2.52. The number of unbranched alkanes of at least 4 members (excludes halogenated alkanes) is 1. The van der Waals surface area contributed by atoms with Crippen molar-refractivity contribution in [1.82, 2.24) is 4.90 Å². The Bertz CT molecular complexity index is 1130. The molecule has 1 saturated carbocycles. The summed E-state index contributed by atoms with van der Waals surface area (Å²) in [6.45, 7) is 1.78. The number of aliphatic carboxylic acids is 1. The minimum atomic E-state index is -1.09. The number of carboxylic acid groups (broad SMARTS) is 1. The molecule has 2 aromatic rings. The number of benzene rings is 2. The number of carbonyl (C=O) groups is 2. The van der Waals surface area contributed by atoms with Crippen LogP contribution in [0.5, 0.6) is 0 Å². The van der Waals surface area contributed by atoms with Crippen LogP contribution in [0, 0.1) is 0 Å². The highest BCUT2D eigenvalue weighted by atomic mass is 32.2. The molecule has 5 nitrogen and oxygen atoms in total. The van der Waals surface area contributed by atoms with Crippen LogP contribution in [0.1, 0.15) is 61.6 Å². The summed E-state index contributed by atoms with van der Waals surface area (Å²) in [5.74, 6) is -1.02. The standard InChI is InChI=1S/C28H32N2O3S2/c1-3-4-6-19-9-13-21(14-10-19)30-24-8-5-7-22(24)23-17-20(11-15-25(23)30)12-16-26(31)29(18-27(32)33)28(34)35-2/h9-17,22,24H,3-8,18H2,1-2H3,(H,32,33)/b16-12+. The van der Waals surface area contributed by atoms with Crippen molar-refractivity contribution in [3.05, 3.63) is 65.2 Å². The van der Waals surface area contributed by atoms with Crippen LogP contribution in [-0.2, 0) is 16.0 Å². The van der Waals surface area contributed by atoms with Crippen LogP contribution >= 0.6 is 24.0 Å². The summed E-state index contributed by atoms with van der Waals surface area (Å²) in [6, 6.07) is 15.9. The minimum absolute atomic E-state index is 0.251. The second kappa shape index (κ2) is 11.4. The van der Waals surface area contributed by atoms with Gasteiger partial charge in [0.1, 0.15) is 10.9 Å². The van der Waals surface area contributed by atoms with Gasteiger partial charge in [-0.25, -0.2) is 0 Å². The number of carboxylic acids is 1. The first-order valence-corrected chi connectivity index (χ1v) is 13.9. The number of nitrogens with zero attached hydrogens (tertiary/aromatic N) is 2. The van der Waals surface area contributed by atoms with Gasteiger partial charge in [0.15, 0.2) is 0 Å². The lowest BCUT2D eigenvalue weighted by molar-refractivity contribution is -0.140. The average Bonchev–Trinajstić information content (AvgIpc) is 3.45. The number of hydrogen-bond donors (Lipinski definition) is 1. The van der Waals surface area contributed by atoms with E-state index in [0.717, 1.165) is 16.9 Å². The van der Waals surface area contributed by atoms with Gasteiger partial charge in [-0.1, -0.05) is 61.9 Å². The molecule has 1 heterocycles. The Hall–Kier alpha value is -2.64. The molecule has 0 radical (unpaired) electrons. The number of carbonyl (C=O) groups excluding carboxylic acids is 1. The molecule has 1 N–H and O–H groups in total. The molecule has 2 aliphatic rings. The smallest absolute Gasteiger partial charge is 0.323 e. The number of fused-ring (bicyclic) bond motifs is 3. The zero-order valence-electron chi connectivity index (χ0n) is 20.3. The lowest BCUT2D eigenvalue weighted by Crippen LogP contribution is -2.37. The van der Waals surface area contributed by atoms with Crippen molar-refractivity contribution in [3.63, 3.8) is 0 Å². The summed E-state index contributed by atoms with van der Waals surface area (Å²) in [5, 5.41) is 9.14. The molecule has 2 atom stereocenters. The molecule has 1 aliphatic carbocycles. The first-order chi connectivity index (χ1) is 16.9. The van der Waals surface area contributed by atoms with Crippen LogP contribution < -0.4 is 4.90 Å². The molecule has 0 spiro atoms. The number of thiocarbonyl (C=S) groups is 1.